The van der Waals surface area contributed by atoms with Crippen molar-refractivity contribution in [1.82, 2.24) is 5.32 Å². The first-order valence-electron chi connectivity index (χ1n) is 9.59. The number of hydrogen-bond donors (Lipinski definition) is 2. The van der Waals surface area contributed by atoms with Gasteiger partial charge in [-0.1, -0.05) is 30.3 Å². The second kappa shape index (κ2) is 9.31. The smallest absolute Gasteiger partial charge is 0.239 e. The van der Waals surface area contributed by atoms with Crippen LogP contribution in [0.3, 0.4) is 0 Å². The zero-order valence-corrected chi connectivity index (χ0v) is 16.0. The van der Waals surface area contributed by atoms with Crippen molar-refractivity contribution < 1.29 is 14.3 Å². The van der Waals surface area contributed by atoms with Gasteiger partial charge in [0, 0.05) is 5.56 Å². The molecule has 2 N–H and O–H groups in total. The lowest BCUT2D eigenvalue weighted by atomic mass is 10.1. The molecule has 0 aliphatic heterocycles. The predicted molar refractivity (Wildman–Crippen MR) is 107 cm³/mol. The first-order chi connectivity index (χ1) is 13.2. The number of carbonyl (C=O) groups is 1. The minimum atomic E-state index is -0.138. The summed E-state index contributed by atoms with van der Waals surface area (Å²) in [6.45, 7) is 2.14. The van der Waals surface area contributed by atoms with E-state index in [0.29, 0.717) is 0 Å². The molecule has 2 aromatic carbocycles. The van der Waals surface area contributed by atoms with E-state index < -0.39 is 0 Å². The number of carbonyl (C=O) groups excluding carboxylic acids is 1. The predicted octanol–water partition coefficient (Wildman–Crippen LogP) is 4.31. The molecule has 1 aliphatic carbocycles. The summed E-state index contributed by atoms with van der Waals surface area (Å²) >= 11 is 0. The molecule has 1 amide bonds. The molecule has 0 radical (unpaired) electrons. The lowest BCUT2D eigenvalue weighted by molar-refractivity contribution is -0.120. The fraction of sp³-hybridized carbons (Fsp3) is 0.409. The van der Waals surface area contributed by atoms with Crippen molar-refractivity contribution in [3.05, 3.63) is 54.1 Å². The van der Waals surface area contributed by atoms with Crippen LogP contribution in [0.4, 0.5) is 5.69 Å². The molecule has 0 bridgehead atoms. The molecule has 3 rings (SSSR count). The fourth-order valence-electron chi connectivity index (χ4n) is 3.47. The van der Waals surface area contributed by atoms with Gasteiger partial charge in [-0.15, -0.1) is 0 Å². The van der Waals surface area contributed by atoms with E-state index in [1.807, 2.05) is 55.5 Å². The van der Waals surface area contributed by atoms with Gasteiger partial charge in [0.2, 0.25) is 5.91 Å². The van der Waals surface area contributed by atoms with E-state index in [-0.39, 0.29) is 24.6 Å². The van der Waals surface area contributed by atoms with E-state index >= 15 is 0 Å². The fourth-order valence-corrected chi connectivity index (χ4v) is 3.47. The maximum absolute atomic E-state index is 12.4. The SMILES string of the molecule is COc1ccccc1C(C)NC(=O)CNc1ccccc1OC1CCCC1. The largest absolute Gasteiger partial charge is 0.496 e. The van der Waals surface area contributed by atoms with Crippen molar-refractivity contribution >= 4 is 11.6 Å². The molecule has 1 unspecified atom stereocenters. The monoisotopic (exact) mass is 368 g/mol. The van der Waals surface area contributed by atoms with Gasteiger partial charge in [-0.05, 0) is 50.8 Å². The van der Waals surface area contributed by atoms with Crippen molar-refractivity contribution in [2.75, 3.05) is 19.0 Å². The van der Waals surface area contributed by atoms with Gasteiger partial charge in [0.05, 0.1) is 31.5 Å². The highest BCUT2D eigenvalue weighted by Crippen LogP contribution is 2.29. The van der Waals surface area contributed by atoms with Gasteiger partial charge in [0.25, 0.3) is 0 Å². The Morgan fingerprint density at radius 3 is 2.48 bits per heavy atom. The molecule has 1 fully saturated rings. The molecule has 144 valence electrons. The third kappa shape index (κ3) is 5.16. The van der Waals surface area contributed by atoms with Crippen molar-refractivity contribution in [2.24, 2.45) is 0 Å². The summed E-state index contributed by atoms with van der Waals surface area (Å²) in [6.07, 6.45) is 4.94. The summed E-state index contributed by atoms with van der Waals surface area (Å²) in [5.74, 6) is 1.51. The van der Waals surface area contributed by atoms with Gasteiger partial charge in [-0.2, -0.15) is 0 Å². The molecule has 5 nitrogen and oxygen atoms in total. The number of para-hydroxylation sites is 3. The van der Waals surface area contributed by atoms with Gasteiger partial charge < -0.3 is 20.1 Å². The van der Waals surface area contributed by atoms with E-state index in [4.69, 9.17) is 9.47 Å². The normalized spacial score (nSPS) is 15.2. The average Bonchev–Trinajstić information content (AvgIpc) is 3.20. The summed E-state index contributed by atoms with van der Waals surface area (Å²) < 4.78 is 11.5. The van der Waals surface area contributed by atoms with Crippen LogP contribution in [0.2, 0.25) is 0 Å². The second-order valence-electron chi connectivity index (χ2n) is 6.91. The van der Waals surface area contributed by atoms with Crippen LogP contribution in [0.1, 0.15) is 44.2 Å². The number of hydrogen-bond acceptors (Lipinski definition) is 4. The topological polar surface area (TPSA) is 59.6 Å². The molecule has 27 heavy (non-hydrogen) atoms. The van der Waals surface area contributed by atoms with E-state index in [2.05, 4.69) is 10.6 Å². The Labute approximate surface area is 161 Å². The van der Waals surface area contributed by atoms with Crippen LogP contribution in [-0.4, -0.2) is 25.7 Å². The highest BCUT2D eigenvalue weighted by Gasteiger charge is 2.18. The zero-order valence-electron chi connectivity index (χ0n) is 16.0. The molecule has 0 saturated heterocycles. The van der Waals surface area contributed by atoms with Crippen molar-refractivity contribution in [3.8, 4) is 11.5 Å². The Hall–Kier alpha value is -2.69. The summed E-state index contributed by atoms with van der Waals surface area (Å²) in [6, 6.07) is 15.4. The van der Waals surface area contributed by atoms with Crippen molar-refractivity contribution in [3.63, 3.8) is 0 Å². The molecule has 2 aromatic rings. The lowest BCUT2D eigenvalue weighted by Crippen LogP contribution is -2.32. The molecular weight excluding hydrogens is 340 g/mol. The Balaban J connectivity index is 1.56. The van der Waals surface area contributed by atoms with E-state index in [1.165, 1.54) is 12.8 Å². The summed E-state index contributed by atoms with van der Waals surface area (Å²) in [5, 5.41) is 6.22. The number of anilines is 1. The van der Waals surface area contributed by atoms with Gasteiger partial charge in [-0.3, -0.25) is 4.79 Å². The number of ether oxygens (including phenoxy) is 2. The molecule has 1 atom stereocenters. The van der Waals surface area contributed by atoms with Crippen LogP contribution in [0.5, 0.6) is 11.5 Å². The van der Waals surface area contributed by atoms with Crippen molar-refractivity contribution in [2.45, 2.75) is 44.8 Å². The van der Waals surface area contributed by atoms with Crippen LogP contribution in [0, 0.1) is 0 Å². The van der Waals surface area contributed by atoms with Gasteiger partial charge in [0.15, 0.2) is 0 Å². The Morgan fingerprint density at radius 2 is 1.74 bits per heavy atom. The number of methoxy groups -OCH3 is 1. The standard InChI is InChI=1S/C22H28N2O3/c1-16(18-11-5-7-13-20(18)26-2)24-22(25)15-23-19-12-6-8-14-21(19)27-17-9-3-4-10-17/h5-8,11-14,16-17,23H,3-4,9-10,15H2,1-2H3,(H,24,25). The Morgan fingerprint density at radius 1 is 1.07 bits per heavy atom. The molecule has 1 saturated carbocycles. The maximum atomic E-state index is 12.4. The highest BCUT2D eigenvalue weighted by molar-refractivity contribution is 5.81. The van der Waals surface area contributed by atoms with Gasteiger partial charge in [-0.25, -0.2) is 0 Å². The minimum Gasteiger partial charge on any atom is -0.496 e. The summed E-state index contributed by atoms with van der Waals surface area (Å²) in [7, 11) is 1.64. The molecule has 0 aromatic heterocycles. The van der Waals surface area contributed by atoms with Crippen LogP contribution in [0.25, 0.3) is 0 Å². The van der Waals surface area contributed by atoms with Gasteiger partial charge >= 0.3 is 0 Å². The van der Waals surface area contributed by atoms with E-state index in [0.717, 1.165) is 35.6 Å². The first-order valence-corrected chi connectivity index (χ1v) is 9.59. The Bertz CT molecular complexity index is 757. The number of rotatable bonds is 8. The minimum absolute atomic E-state index is 0.0796. The third-order valence-electron chi connectivity index (χ3n) is 4.91. The van der Waals surface area contributed by atoms with Crippen LogP contribution >= 0.6 is 0 Å². The first kappa shape index (κ1) is 19.1. The second-order valence-corrected chi connectivity index (χ2v) is 6.91. The average molecular weight is 368 g/mol. The lowest BCUT2D eigenvalue weighted by Gasteiger charge is -2.19. The quantitative estimate of drug-likeness (QED) is 0.729. The molecular formula is C22H28N2O3. The summed E-state index contributed by atoms with van der Waals surface area (Å²) in [5.41, 5.74) is 1.81. The van der Waals surface area contributed by atoms with E-state index in [9.17, 15) is 4.79 Å². The van der Waals surface area contributed by atoms with Crippen molar-refractivity contribution in [1.29, 1.82) is 0 Å². The summed E-state index contributed by atoms with van der Waals surface area (Å²) in [4.78, 5) is 12.4. The number of benzene rings is 2. The van der Waals surface area contributed by atoms with Crippen LogP contribution in [-0.2, 0) is 4.79 Å². The molecule has 5 heteroatoms. The van der Waals surface area contributed by atoms with Crippen LogP contribution in [0.15, 0.2) is 48.5 Å². The number of nitrogens with one attached hydrogen (secondary N) is 2. The van der Waals surface area contributed by atoms with Crippen LogP contribution < -0.4 is 20.1 Å². The molecule has 1 aliphatic rings. The molecule has 0 heterocycles. The Kier molecular flexibility index (Phi) is 6.58. The molecule has 0 spiro atoms. The number of amides is 1. The highest BCUT2D eigenvalue weighted by atomic mass is 16.5. The third-order valence-corrected chi connectivity index (χ3v) is 4.91. The zero-order chi connectivity index (χ0) is 19.1. The maximum Gasteiger partial charge on any atom is 0.239 e. The van der Waals surface area contributed by atoms with Gasteiger partial charge in [0.1, 0.15) is 11.5 Å². The van der Waals surface area contributed by atoms with E-state index in [1.54, 1.807) is 7.11 Å².